The highest BCUT2D eigenvalue weighted by Crippen LogP contribution is 2.28. The number of hydrogen-bond acceptors (Lipinski definition) is 10. The average molecular weight is 425 g/mol. The Morgan fingerprint density at radius 1 is 0.871 bits per heavy atom. The Labute approximate surface area is 180 Å². The first-order valence-corrected chi connectivity index (χ1v) is 10.4. The van der Waals surface area contributed by atoms with Crippen molar-refractivity contribution < 1.29 is 9.47 Å². The van der Waals surface area contributed by atoms with Gasteiger partial charge in [-0.2, -0.15) is 15.0 Å². The van der Waals surface area contributed by atoms with Gasteiger partial charge in [-0.3, -0.25) is 0 Å². The summed E-state index contributed by atoms with van der Waals surface area (Å²) in [5.41, 5.74) is 14.0. The number of nitrogens with zero attached hydrogens (tertiary/aromatic N) is 7. The lowest BCUT2D eigenvalue weighted by Gasteiger charge is -2.38. The number of aromatic nitrogens is 5. The van der Waals surface area contributed by atoms with E-state index >= 15 is 0 Å². The first kappa shape index (κ1) is 19.8. The monoisotopic (exact) mass is 425 g/mol. The van der Waals surface area contributed by atoms with E-state index < -0.39 is 0 Å². The second kappa shape index (κ2) is 7.50. The summed E-state index contributed by atoms with van der Waals surface area (Å²) in [4.78, 5) is 23.0. The van der Waals surface area contributed by atoms with Crippen LogP contribution in [-0.4, -0.2) is 76.1 Å². The summed E-state index contributed by atoms with van der Waals surface area (Å²) < 4.78 is 13.1. The zero-order valence-corrected chi connectivity index (χ0v) is 17.8. The van der Waals surface area contributed by atoms with Crippen molar-refractivity contribution in [3.8, 4) is 5.95 Å². The van der Waals surface area contributed by atoms with Crippen LogP contribution in [0.4, 0.5) is 23.5 Å². The van der Waals surface area contributed by atoms with Crippen LogP contribution in [0.2, 0.25) is 0 Å². The second-order valence-electron chi connectivity index (χ2n) is 8.38. The van der Waals surface area contributed by atoms with E-state index in [0.717, 1.165) is 5.52 Å². The number of anilines is 4. The summed E-state index contributed by atoms with van der Waals surface area (Å²) in [7, 11) is 0. The van der Waals surface area contributed by atoms with Gasteiger partial charge < -0.3 is 30.7 Å². The van der Waals surface area contributed by atoms with E-state index in [4.69, 9.17) is 35.9 Å². The maximum absolute atomic E-state index is 6.28. The molecule has 0 atom stereocenters. The third-order valence-corrected chi connectivity index (χ3v) is 5.54. The largest absolute Gasteiger partial charge is 0.397 e. The molecular weight excluding hydrogens is 398 g/mol. The minimum Gasteiger partial charge on any atom is -0.397 e. The van der Waals surface area contributed by atoms with Crippen LogP contribution in [0.15, 0.2) is 18.2 Å². The van der Waals surface area contributed by atoms with Crippen LogP contribution in [0.25, 0.3) is 17.0 Å². The summed E-state index contributed by atoms with van der Waals surface area (Å²) >= 11 is 0. The van der Waals surface area contributed by atoms with Crippen LogP contribution in [0, 0.1) is 0 Å². The Balaban J connectivity index is 1.65. The lowest BCUT2D eigenvalue weighted by atomic mass is 10.1. The van der Waals surface area contributed by atoms with Gasteiger partial charge in [0.05, 0.1) is 36.6 Å². The highest BCUT2D eigenvalue weighted by Gasteiger charge is 2.30. The van der Waals surface area contributed by atoms with Crippen LogP contribution in [0.3, 0.4) is 0 Å². The molecule has 0 saturated carbocycles. The lowest BCUT2D eigenvalue weighted by molar-refractivity contribution is -0.0281. The fourth-order valence-electron chi connectivity index (χ4n) is 4.03. The molecule has 31 heavy (non-hydrogen) atoms. The van der Waals surface area contributed by atoms with E-state index in [-0.39, 0.29) is 11.5 Å². The molecule has 0 radical (unpaired) electrons. The Kier molecular flexibility index (Phi) is 4.78. The van der Waals surface area contributed by atoms with Crippen LogP contribution in [-0.2, 0) is 9.47 Å². The molecule has 0 spiro atoms. The van der Waals surface area contributed by atoms with Crippen molar-refractivity contribution in [1.82, 2.24) is 24.5 Å². The maximum atomic E-state index is 6.28. The number of benzene rings is 1. The highest BCUT2D eigenvalue weighted by molar-refractivity contribution is 5.90. The van der Waals surface area contributed by atoms with E-state index in [2.05, 4.69) is 28.6 Å². The van der Waals surface area contributed by atoms with Gasteiger partial charge in [-0.05, 0) is 26.0 Å². The second-order valence-corrected chi connectivity index (χ2v) is 8.38. The fraction of sp³-hybridized carbons (Fsp3) is 0.500. The van der Waals surface area contributed by atoms with Gasteiger partial charge in [-0.25, -0.2) is 9.55 Å². The number of hydrogen-bond donors (Lipinski definition) is 2. The normalized spacial score (nSPS) is 19.2. The summed E-state index contributed by atoms with van der Waals surface area (Å²) in [6, 6.07) is 5.57. The van der Waals surface area contributed by atoms with Gasteiger partial charge in [0.15, 0.2) is 0 Å². The third kappa shape index (κ3) is 3.70. The number of nitrogen functional groups attached to an aromatic ring is 2. The van der Waals surface area contributed by atoms with E-state index in [9.17, 15) is 0 Å². The molecule has 4 heterocycles. The van der Waals surface area contributed by atoms with Gasteiger partial charge >= 0.3 is 0 Å². The SMILES string of the molecule is CC1(C)CN(c2nc(N3CCOCC3)nc(-n3c(N)nc4c(N)cccc43)n2)CCO1. The molecule has 0 unspecified atom stereocenters. The first-order valence-electron chi connectivity index (χ1n) is 10.4. The standard InChI is InChI=1S/C20H27N9O2/c1-20(2)12-28(8-11-31-20)18-24-17(27-6-9-30-10-7-27)25-19(26-18)29-14-5-3-4-13(21)15(14)23-16(29)22/h3-5H,6-12,21H2,1-2H3,(H2,22,23). The topological polar surface area (TPSA) is 133 Å². The van der Waals surface area contributed by atoms with Gasteiger partial charge in [0, 0.05) is 26.2 Å². The Hall–Kier alpha value is -3.18. The minimum absolute atomic E-state index is 0.278. The van der Waals surface area contributed by atoms with E-state index in [1.54, 1.807) is 10.6 Å². The van der Waals surface area contributed by atoms with Crippen molar-refractivity contribution >= 4 is 34.6 Å². The van der Waals surface area contributed by atoms with Crippen LogP contribution in [0.1, 0.15) is 13.8 Å². The maximum Gasteiger partial charge on any atom is 0.243 e. The van der Waals surface area contributed by atoms with Gasteiger partial charge in [0.2, 0.25) is 23.8 Å². The number of ether oxygens (including phenoxy) is 2. The van der Waals surface area contributed by atoms with Crippen molar-refractivity contribution in [1.29, 1.82) is 0 Å². The molecule has 4 N–H and O–H groups in total. The predicted molar refractivity (Wildman–Crippen MR) is 119 cm³/mol. The molecule has 11 heteroatoms. The van der Waals surface area contributed by atoms with Gasteiger partial charge in [-0.1, -0.05) is 6.07 Å². The van der Waals surface area contributed by atoms with E-state index in [1.807, 2.05) is 12.1 Å². The molecule has 2 aliphatic rings. The van der Waals surface area contributed by atoms with Gasteiger partial charge in [0.25, 0.3) is 0 Å². The van der Waals surface area contributed by atoms with Crippen LogP contribution >= 0.6 is 0 Å². The summed E-state index contributed by atoms with van der Waals surface area (Å²) in [5, 5.41) is 0. The molecule has 2 aromatic heterocycles. The number of nitrogens with two attached hydrogens (primary N) is 2. The van der Waals surface area contributed by atoms with Crippen LogP contribution < -0.4 is 21.3 Å². The molecule has 11 nitrogen and oxygen atoms in total. The van der Waals surface area contributed by atoms with E-state index in [1.165, 1.54) is 0 Å². The zero-order chi connectivity index (χ0) is 21.6. The van der Waals surface area contributed by atoms with Gasteiger partial charge in [0.1, 0.15) is 5.52 Å². The van der Waals surface area contributed by atoms with Crippen molar-refractivity contribution in [2.24, 2.45) is 0 Å². The quantitative estimate of drug-likeness (QED) is 0.581. The number of imidazole rings is 1. The Morgan fingerprint density at radius 2 is 1.55 bits per heavy atom. The Morgan fingerprint density at radius 3 is 2.29 bits per heavy atom. The first-order chi connectivity index (χ1) is 14.9. The predicted octanol–water partition coefficient (Wildman–Crippen LogP) is 0.827. The highest BCUT2D eigenvalue weighted by atomic mass is 16.5. The fourth-order valence-corrected chi connectivity index (χ4v) is 4.03. The molecule has 2 saturated heterocycles. The summed E-state index contributed by atoms with van der Waals surface area (Å²) in [6.07, 6.45) is 0. The molecule has 3 aromatic rings. The molecule has 164 valence electrons. The molecule has 0 bridgehead atoms. The molecular formula is C20H27N9O2. The molecule has 2 aliphatic heterocycles. The van der Waals surface area contributed by atoms with Gasteiger partial charge in [-0.15, -0.1) is 0 Å². The van der Waals surface area contributed by atoms with Crippen molar-refractivity contribution in [3.63, 3.8) is 0 Å². The Bertz CT molecular complexity index is 1110. The average Bonchev–Trinajstić information content (AvgIpc) is 3.10. The van der Waals surface area contributed by atoms with Crippen molar-refractivity contribution in [3.05, 3.63) is 18.2 Å². The number of para-hydroxylation sites is 1. The van der Waals surface area contributed by atoms with E-state index in [0.29, 0.717) is 75.0 Å². The van der Waals surface area contributed by atoms with Crippen molar-refractivity contribution in [2.45, 2.75) is 19.4 Å². The third-order valence-electron chi connectivity index (χ3n) is 5.54. The van der Waals surface area contributed by atoms with Crippen molar-refractivity contribution in [2.75, 3.05) is 67.3 Å². The summed E-state index contributed by atoms with van der Waals surface area (Å²) in [5.74, 6) is 1.88. The number of rotatable bonds is 3. The molecule has 2 fully saturated rings. The minimum atomic E-state index is -0.292. The summed E-state index contributed by atoms with van der Waals surface area (Å²) in [6.45, 7) is 8.79. The molecule has 5 rings (SSSR count). The molecule has 1 aromatic carbocycles. The smallest absolute Gasteiger partial charge is 0.243 e. The zero-order valence-electron chi connectivity index (χ0n) is 17.8. The molecule has 0 amide bonds. The number of morpholine rings is 2. The van der Waals surface area contributed by atoms with Crippen LogP contribution in [0.5, 0.6) is 0 Å². The molecule has 0 aliphatic carbocycles. The number of fused-ring (bicyclic) bond motifs is 1. The lowest BCUT2D eigenvalue weighted by Crippen LogP contribution is -2.49.